The molecule has 3 aromatic rings. The molecule has 11 nitrogen and oxygen atoms in total. The smallest absolute Gasteiger partial charge is 0.254 e. The number of hydrogen-bond donors (Lipinski definition) is 3. The van der Waals surface area contributed by atoms with Crippen LogP contribution in [0, 0.1) is 5.92 Å². The van der Waals surface area contributed by atoms with Crippen molar-refractivity contribution in [3.8, 4) is 11.3 Å². The average molecular weight is 626 g/mol. The van der Waals surface area contributed by atoms with Gasteiger partial charge in [0.25, 0.3) is 5.56 Å². The fourth-order valence-corrected chi connectivity index (χ4v) is 6.08. The van der Waals surface area contributed by atoms with Crippen LogP contribution in [0.2, 0.25) is 5.02 Å². The van der Waals surface area contributed by atoms with E-state index in [1.54, 1.807) is 40.8 Å². The van der Waals surface area contributed by atoms with Crippen LogP contribution in [0.5, 0.6) is 0 Å². The second-order valence-electron chi connectivity index (χ2n) is 11.3. The molecule has 2 atom stereocenters. The van der Waals surface area contributed by atoms with Gasteiger partial charge < -0.3 is 16.0 Å². The molecule has 5 N–H and O–H groups in total. The molecule has 4 heterocycles. The standard InChI is InChI=1S/C30H34Cl2N8O3/c1-18-4-3-5-26(24-10-20(8-9-35-24)30(14-36-29(18)43)15-38(16-30)19(2)41)39-17-37-23(12-28(39)42)22-11-21(31)6-7-25(22)40(34)13-27(32)33/h6-13,17-18,26H,3-5,14-16,33-34H2,1-2H3,(H,36,43)/b27-13-. The number of nitrogens with two attached hydrogens (primary N) is 2. The van der Waals surface area contributed by atoms with Crippen molar-refractivity contribution in [1.82, 2.24) is 24.8 Å². The topological polar surface area (TPSA) is 152 Å². The molecule has 0 aliphatic carbocycles. The molecule has 2 aliphatic heterocycles. The Kier molecular flexibility index (Phi) is 8.77. The molecule has 5 rings (SSSR count). The maximum absolute atomic E-state index is 13.7. The monoisotopic (exact) mass is 624 g/mol. The lowest BCUT2D eigenvalue weighted by Crippen LogP contribution is -2.65. The zero-order valence-corrected chi connectivity index (χ0v) is 25.5. The van der Waals surface area contributed by atoms with Gasteiger partial charge in [0.2, 0.25) is 11.8 Å². The van der Waals surface area contributed by atoms with Gasteiger partial charge in [-0.3, -0.25) is 28.9 Å². The lowest BCUT2D eigenvalue weighted by atomic mass is 9.73. The van der Waals surface area contributed by atoms with E-state index in [-0.39, 0.29) is 28.4 Å². The number of nitrogens with one attached hydrogen (secondary N) is 1. The van der Waals surface area contributed by atoms with Gasteiger partial charge in [-0.25, -0.2) is 10.8 Å². The largest absolute Gasteiger partial charge is 0.388 e. The number of carbonyl (C=O) groups is 2. The first-order valence-electron chi connectivity index (χ1n) is 14.0. The van der Waals surface area contributed by atoms with Gasteiger partial charge >= 0.3 is 0 Å². The summed E-state index contributed by atoms with van der Waals surface area (Å²) in [6.45, 7) is 4.84. The number of carbonyl (C=O) groups excluding carboxylic acids is 2. The average Bonchev–Trinajstić information content (AvgIpc) is 2.94. The van der Waals surface area contributed by atoms with E-state index >= 15 is 0 Å². The summed E-state index contributed by atoms with van der Waals surface area (Å²) in [6, 6.07) is 9.93. The predicted molar refractivity (Wildman–Crippen MR) is 166 cm³/mol. The van der Waals surface area contributed by atoms with Crippen LogP contribution in [0.25, 0.3) is 11.3 Å². The Balaban J connectivity index is 1.55. The zero-order valence-electron chi connectivity index (χ0n) is 24.0. The normalized spacial score (nSPS) is 20.4. The van der Waals surface area contributed by atoms with Crippen LogP contribution in [0.3, 0.4) is 0 Å². The first-order valence-corrected chi connectivity index (χ1v) is 14.8. The first kappa shape index (κ1) is 30.5. The van der Waals surface area contributed by atoms with Crippen LogP contribution >= 0.6 is 23.2 Å². The molecule has 0 saturated carbocycles. The molecule has 1 saturated heterocycles. The summed E-state index contributed by atoms with van der Waals surface area (Å²) in [4.78, 5) is 49.8. The summed E-state index contributed by atoms with van der Waals surface area (Å²) in [5, 5.41) is 4.77. The molecule has 2 aromatic heterocycles. The minimum absolute atomic E-state index is 0.0101. The van der Waals surface area contributed by atoms with Crippen molar-refractivity contribution in [2.24, 2.45) is 17.5 Å². The van der Waals surface area contributed by atoms with Crippen LogP contribution in [0.15, 0.2) is 65.1 Å². The van der Waals surface area contributed by atoms with Crippen molar-refractivity contribution in [2.75, 3.05) is 24.6 Å². The molecule has 0 radical (unpaired) electrons. The quantitative estimate of drug-likeness (QED) is 0.227. The lowest BCUT2D eigenvalue weighted by Gasteiger charge is -2.50. The van der Waals surface area contributed by atoms with Gasteiger partial charge in [-0.1, -0.05) is 36.5 Å². The van der Waals surface area contributed by atoms with E-state index in [1.807, 2.05) is 19.1 Å². The second kappa shape index (κ2) is 12.4. The van der Waals surface area contributed by atoms with Crippen molar-refractivity contribution in [1.29, 1.82) is 0 Å². The third-order valence-corrected chi connectivity index (χ3v) is 8.61. The van der Waals surface area contributed by atoms with Crippen LogP contribution in [-0.4, -0.2) is 50.9 Å². The number of rotatable bonds is 4. The van der Waals surface area contributed by atoms with E-state index < -0.39 is 11.5 Å². The number of amides is 2. The number of halogens is 2. The highest BCUT2D eigenvalue weighted by atomic mass is 35.5. The Morgan fingerprint density at radius 2 is 1.93 bits per heavy atom. The van der Waals surface area contributed by atoms with Crippen molar-refractivity contribution >= 4 is 40.7 Å². The molecular weight excluding hydrogens is 591 g/mol. The Labute approximate surface area is 259 Å². The molecular formula is C30H34Cl2N8O3. The number of aromatic nitrogens is 3. The number of pyridine rings is 1. The summed E-state index contributed by atoms with van der Waals surface area (Å²) in [5.74, 6) is 5.91. The van der Waals surface area contributed by atoms with E-state index in [1.165, 1.54) is 23.6 Å². The van der Waals surface area contributed by atoms with E-state index in [2.05, 4.69) is 15.3 Å². The van der Waals surface area contributed by atoms with Gasteiger partial charge in [-0.2, -0.15) is 0 Å². The number of nitrogens with zero attached hydrogens (tertiary/aromatic N) is 5. The third kappa shape index (κ3) is 6.39. The van der Waals surface area contributed by atoms with Crippen LogP contribution < -0.4 is 27.5 Å². The number of anilines is 1. The summed E-state index contributed by atoms with van der Waals surface area (Å²) >= 11 is 12.1. The SMILES string of the molecule is CC(=O)N1CC2(CNC(=O)C(C)CCCC(n3cnc(-c4cc(Cl)ccc4N(N)/C=C(\N)Cl)cc3=O)c3cc2ccn3)C1. The summed E-state index contributed by atoms with van der Waals surface area (Å²) in [5.41, 5.74) is 7.94. The number of hydrazine groups is 1. The first-order chi connectivity index (χ1) is 20.5. The molecule has 2 amide bonds. The fraction of sp³-hybridized carbons (Fsp3) is 0.367. The van der Waals surface area contributed by atoms with Gasteiger partial charge in [0.05, 0.1) is 35.6 Å². The molecule has 43 heavy (non-hydrogen) atoms. The minimum atomic E-state index is -0.437. The minimum Gasteiger partial charge on any atom is -0.388 e. The summed E-state index contributed by atoms with van der Waals surface area (Å²) < 4.78 is 1.57. The fourth-order valence-electron chi connectivity index (χ4n) is 5.80. The molecule has 226 valence electrons. The van der Waals surface area contributed by atoms with Gasteiger partial charge in [-0.05, 0) is 48.7 Å². The van der Waals surface area contributed by atoms with E-state index in [0.717, 1.165) is 5.56 Å². The highest BCUT2D eigenvalue weighted by Crippen LogP contribution is 2.37. The third-order valence-electron chi connectivity index (χ3n) is 8.28. The summed E-state index contributed by atoms with van der Waals surface area (Å²) in [7, 11) is 0. The Morgan fingerprint density at radius 3 is 2.63 bits per heavy atom. The number of fused-ring (bicyclic) bond motifs is 3. The highest BCUT2D eigenvalue weighted by molar-refractivity contribution is 6.31. The zero-order chi connectivity index (χ0) is 30.9. The molecule has 13 heteroatoms. The lowest BCUT2D eigenvalue weighted by molar-refractivity contribution is -0.136. The van der Waals surface area contributed by atoms with Gasteiger partial charge in [0.15, 0.2) is 0 Å². The van der Waals surface area contributed by atoms with Gasteiger partial charge in [0.1, 0.15) is 5.16 Å². The molecule has 2 bridgehead atoms. The van der Waals surface area contributed by atoms with Crippen molar-refractivity contribution in [3.63, 3.8) is 0 Å². The number of hydrogen-bond acceptors (Lipinski definition) is 8. The highest BCUT2D eigenvalue weighted by Gasteiger charge is 2.46. The van der Waals surface area contributed by atoms with Gasteiger partial charge in [0, 0.05) is 60.7 Å². The maximum Gasteiger partial charge on any atom is 0.254 e. The molecule has 2 unspecified atom stereocenters. The van der Waals surface area contributed by atoms with E-state index in [4.69, 9.17) is 34.8 Å². The molecule has 2 aliphatic rings. The molecule has 1 spiro atoms. The molecule has 1 fully saturated rings. The van der Waals surface area contributed by atoms with Crippen LogP contribution in [-0.2, 0) is 15.0 Å². The van der Waals surface area contributed by atoms with Crippen molar-refractivity contribution in [2.45, 2.75) is 44.6 Å². The predicted octanol–water partition coefficient (Wildman–Crippen LogP) is 3.26. The Bertz CT molecular complexity index is 1630. The van der Waals surface area contributed by atoms with Crippen LogP contribution in [0.4, 0.5) is 5.69 Å². The van der Waals surface area contributed by atoms with Gasteiger partial charge in [-0.15, -0.1) is 0 Å². The summed E-state index contributed by atoms with van der Waals surface area (Å²) in [6.07, 6.45) is 6.47. The second-order valence-corrected chi connectivity index (χ2v) is 12.2. The number of benzene rings is 1. The van der Waals surface area contributed by atoms with E-state index in [0.29, 0.717) is 66.6 Å². The number of likely N-dealkylation sites (tertiary alicyclic amines) is 1. The maximum atomic E-state index is 13.7. The molecule has 1 aromatic carbocycles. The van der Waals surface area contributed by atoms with E-state index in [9.17, 15) is 14.4 Å². The van der Waals surface area contributed by atoms with Crippen LogP contribution in [0.1, 0.15) is 50.4 Å². The van der Waals surface area contributed by atoms with Crippen molar-refractivity contribution in [3.05, 3.63) is 86.9 Å². The Morgan fingerprint density at radius 1 is 1.16 bits per heavy atom. The Hall–Kier alpha value is -3.93. The van der Waals surface area contributed by atoms with Crippen molar-refractivity contribution < 1.29 is 9.59 Å².